The van der Waals surface area contributed by atoms with Gasteiger partial charge in [0.1, 0.15) is 5.82 Å². The van der Waals surface area contributed by atoms with Crippen LogP contribution in [0.5, 0.6) is 0 Å². The van der Waals surface area contributed by atoms with Crippen molar-refractivity contribution in [2.75, 3.05) is 19.0 Å². The molecule has 0 aromatic heterocycles. The fourth-order valence-corrected chi connectivity index (χ4v) is 1.51. The predicted molar refractivity (Wildman–Crippen MR) is 68.0 cm³/mol. The van der Waals surface area contributed by atoms with E-state index in [4.69, 9.17) is 11.6 Å². The van der Waals surface area contributed by atoms with Crippen molar-refractivity contribution in [2.45, 2.75) is 19.4 Å². The third-order valence-electron chi connectivity index (χ3n) is 2.75. The lowest BCUT2D eigenvalue weighted by atomic mass is 10.0. The van der Waals surface area contributed by atoms with Gasteiger partial charge in [-0.1, -0.05) is 11.6 Å². The minimum Gasteiger partial charge on any atom is -0.314 e. The van der Waals surface area contributed by atoms with Crippen LogP contribution in [0.15, 0.2) is 18.2 Å². The van der Waals surface area contributed by atoms with Crippen LogP contribution in [-0.2, 0) is 4.79 Å². The van der Waals surface area contributed by atoms with Crippen molar-refractivity contribution >= 4 is 23.2 Å². The minimum atomic E-state index is -0.685. The summed E-state index contributed by atoms with van der Waals surface area (Å²) >= 11 is 5.68. The van der Waals surface area contributed by atoms with Gasteiger partial charge in [-0.15, -0.1) is 0 Å². The Morgan fingerprint density at radius 2 is 2.06 bits per heavy atom. The van der Waals surface area contributed by atoms with E-state index in [9.17, 15) is 9.18 Å². The average molecular weight is 259 g/mol. The number of nitrogens with zero attached hydrogens (tertiary/aromatic N) is 1. The molecule has 1 aromatic carbocycles. The predicted octanol–water partition coefficient (Wildman–Crippen LogP) is 2.44. The molecule has 1 aromatic rings. The third kappa shape index (κ3) is 2.96. The van der Waals surface area contributed by atoms with Crippen LogP contribution >= 0.6 is 11.6 Å². The maximum absolute atomic E-state index is 13.0. The highest BCUT2D eigenvalue weighted by molar-refractivity contribution is 6.31. The minimum absolute atomic E-state index is 0.00409. The van der Waals surface area contributed by atoms with E-state index in [1.54, 1.807) is 27.9 Å². The number of likely N-dealkylation sites (N-methyl/N-ethyl adjacent to an activating group) is 2. The second-order valence-corrected chi connectivity index (χ2v) is 4.74. The molecule has 0 spiro atoms. The first-order valence-electron chi connectivity index (χ1n) is 5.21. The van der Waals surface area contributed by atoms with Crippen molar-refractivity contribution in [1.82, 2.24) is 5.32 Å². The van der Waals surface area contributed by atoms with Gasteiger partial charge in [0.05, 0.1) is 10.6 Å². The van der Waals surface area contributed by atoms with Crippen LogP contribution in [0.1, 0.15) is 13.8 Å². The molecule has 0 atom stereocenters. The first-order valence-corrected chi connectivity index (χ1v) is 5.59. The Morgan fingerprint density at radius 1 is 1.47 bits per heavy atom. The molecule has 1 N–H and O–H groups in total. The molecule has 0 bridgehead atoms. The van der Waals surface area contributed by atoms with Gasteiger partial charge in [-0.25, -0.2) is 4.39 Å². The molecular weight excluding hydrogens is 243 g/mol. The SMILES string of the molecule is CNC(C)(C)C(=O)N(C)c1ccc(F)c(Cl)c1. The largest absolute Gasteiger partial charge is 0.314 e. The van der Waals surface area contributed by atoms with Gasteiger partial charge in [0.25, 0.3) is 0 Å². The number of hydrogen-bond donors (Lipinski definition) is 1. The Bertz CT molecular complexity index is 435. The van der Waals surface area contributed by atoms with Gasteiger partial charge in [0, 0.05) is 12.7 Å². The number of anilines is 1. The van der Waals surface area contributed by atoms with Gasteiger partial charge < -0.3 is 10.2 Å². The lowest BCUT2D eigenvalue weighted by Gasteiger charge is -2.29. The summed E-state index contributed by atoms with van der Waals surface area (Å²) in [6, 6.07) is 4.19. The van der Waals surface area contributed by atoms with Gasteiger partial charge in [0.2, 0.25) is 5.91 Å². The zero-order valence-corrected chi connectivity index (χ0v) is 11.1. The smallest absolute Gasteiger partial charge is 0.246 e. The topological polar surface area (TPSA) is 32.3 Å². The molecular formula is C12H16ClFN2O. The summed E-state index contributed by atoms with van der Waals surface area (Å²) in [5, 5.41) is 2.92. The van der Waals surface area contributed by atoms with Crippen LogP contribution in [0.2, 0.25) is 5.02 Å². The molecule has 0 heterocycles. The normalized spacial score (nSPS) is 11.4. The zero-order valence-electron chi connectivity index (χ0n) is 10.3. The van der Waals surface area contributed by atoms with E-state index in [2.05, 4.69) is 5.32 Å². The van der Waals surface area contributed by atoms with E-state index in [1.165, 1.54) is 23.1 Å². The third-order valence-corrected chi connectivity index (χ3v) is 3.04. The van der Waals surface area contributed by atoms with Crippen molar-refractivity contribution in [3.8, 4) is 0 Å². The number of nitrogens with one attached hydrogen (secondary N) is 1. The first-order chi connectivity index (χ1) is 7.79. The van der Waals surface area contributed by atoms with Gasteiger partial charge in [-0.3, -0.25) is 4.79 Å². The summed E-state index contributed by atoms with van der Waals surface area (Å²) in [6.45, 7) is 3.55. The summed E-state index contributed by atoms with van der Waals surface area (Å²) in [7, 11) is 3.34. The summed E-state index contributed by atoms with van der Waals surface area (Å²) in [4.78, 5) is 13.6. The molecule has 1 amide bonds. The van der Waals surface area contributed by atoms with Crippen LogP contribution in [0, 0.1) is 5.82 Å². The zero-order chi connectivity index (χ0) is 13.2. The Kier molecular flexibility index (Phi) is 4.11. The molecule has 0 radical (unpaired) electrons. The van der Waals surface area contributed by atoms with E-state index in [0.717, 1.165) is 0 Å². The second kappa shape index (κ2) is 5.02. The number of rotatable bonds is 3. The van der Waals surface area contributed by atoms with Gasteiger partial charge >= 0.3 is 0 Å². The maximum Gasteiger partial charge on any atom is 0.246 e. The van der Waals surface area contributed by atoms with E-state index >= 15 is 0 Å². The molecule has 94 valence electrons. The van der Waals surface area contributed by atoms with Crippen molar-refractivity contribution in [3.63, 3.8) is 0 Å². The number of amides is 1. The molecule has 0 aliphatic heterocycles. The van der Waals surface area contributed by atoms with Gasteiger partial charge in [-0.05, 0) is 39.1 Å². The van der Waals surface area contributed by atoms with Gasteiger partial charge in [-0.2, -0.15) is 0 Å². The molecule has 1 rings (SSSR count). The van der Waals surface area contributed by atoms with Crippen LogP contribution in [-0.4, -0.2) is 25.5 Å². The Hall–Kier alpha value is -1.13. The fourth-order valence-electron chi connectivity index (χ4n) is 1.34. The highest BCUT2D eigenvalue weighted by Gasteiger charge is 2.29. The Labute approximate surface area is 106 Å². The summed E-state index contributed by atoms with van der Waals surface area (Å²) < 4.78 is 13.0. The molecule has 17 heavy (non-hydrogen) atoms. The highest BCUT2D eigenvalue weighted by Crippen LogP contribution is 2.23. The number of halogens is 2. The number of hydrogen-bond acceptors (Lipinski definition) is 2. The monoisotopic (exact) mass is 258 g/mol. The van der Waals surface area contributed by atoms with E-state index < -0.39 is 11.4 Å². The lowest BCUT2D eigenvalue weighted by molar-refractivity contribution is -0.123. The summed E-state index contributed by atoms with van der Waals surface area (Å²) in [5.41, 5.74) is -0.125. The molecule has 3 nitrogen and oxygen atoms in total. The number of carbonyl (C=O) groups is 1. The average Bonchev–Trinajstić information content (AvgIpc) is 2.30. The quantitative estimate of drug-likeness (QED) is 0.903. The first kappa shape index (κ1) is 13.9. The lowest BCUT2D eigenvalue weighted by Crippen LogP contribution is -2.51. The molecule has 5 heteroatoms. The maximum atomic E-state index is 13.0. The number of carbonyl (C=O) groups excluding carboxylic acids is 1. The van der Waals surface area contributed by atoms with E-state index in [-0.39, 0.29) is 10.9 Å². The van der Waals surface area contributed by atoms with Crippen molar-refractivity contribution in [1.29, 1.82) is 0 Å². The number of benzene rings is 1. The van der Waals surface area contributed by atoms with Crippen molar-refractivity contribution < 1.29 is 9.18 Å². The molecule has 0 saturated heterocycles. The molecule has 0 aliphatic rings. The second-order valence-electron chi connectivity index (χ2n) is 4.34. The van der Waals surface area contributed by atoms with Gasteiger partial charge in [0.15, 0.2) is 0 Å². The molecule has 0 saturated carbocycles. The van der Waals surface area contributed by atoms with Crippen LogP contribution in [0.25, 0.3) is 0 Å². The van der Waals surface area contributed by atoms with Crippen molar-refractivity contribution in [2.24, 2.45) is 0 Å². The van der Waals surface area contributed by atoms with E-state index in [1.807, 2.05) is 0 Å². The highest BCUT2D eigenvalue weighted by atomic mass is 35.5. The van der Waals surface area contributed by atoms with Crippen LogP contribution in [0.4, 0.5) is 10.1 Å². The van der Waals surface area contributed by atoms with Crippen LogP contribution < -0.4 is 10.2 Å². The summed E-state index contributed by atoms with van der Waals surface area (Å²) in [6.07, 6.45) is 0. The molecule has 0 unspecified atom stereocenters. The molecule has 0 fully saturated rings. The van der Waals surface area contributed by atoms with E-state index in [0.29, 0.717) is 5.69 Å². The molecule has 0 aliphatic carbocycles. The Morgan fingerprint density at radius 3 is 2.53 bits per heavy atom. The Balaban J connectivity index is 3.00. The van der Waals surface area contributed by atoms with Crippen LogP contribution in [0.3, 0.4) is 0 Å². The fraction of sp³-hybridized carbons (Fsp3) is 0.417. The summed E-state index contributed by atoms with van der Waals surface area (Å²) in [5.74, 6) is -0.619. The standard InChI is InChI=1S/C12H16ClFN2O/c1-12(2,15-3)11(17)16(4)8-5-6-10(14)9(13)7-8/h5-7,15H,1-4H3. The van der Waals surface area contributed by atoms with Crippen molar-refractivity contribution in [3.05, 3.63) is 29.0 Å².